The average Bonchev–Trinajstić information content (AvgIpc) is 3.14. The highest BCUT2D eigenvalue weighted by atomic mass is 16.5. The fraction of sp³-hybridized carbons (Fsp3) is 0.296. The Morgan fingerprint density at radius 3 is 2.47 bits per heavy atom. The normalized spacial score (nSPS) is 23.2. The summed E-state index contributed by atoms with van der Waals surface area (Å²) in [5.74, 6) is 1.69. The number of amides is 1. The maximum absolute atomic E-state index is 11.7. The number of ether oxygens (including phenoxy) is 1. The van der Waals surface area contributed by atoms with Crippen molar-refractivity contribution >= 4 is 23.0 Å². The van der Waals surface area contributed by atoms with Crippen LogP contribution in [0.2, 0.25) is 0 Å². The minimum absolute atomic E-state index is 0.0766. The first-order valence-electron chi connectivity index (χ1n) is 11.5. The summed E-state index contributed by atoms with van der Waals surface area (Å²) < 4.78 is 6.41. The van der Waals surface area contributed by atoms with E-state index < -0.39 is 0 Å². The number of rotatable bonds is 3. The van der Waals surface area contributed by atoms with E-state index in [1.807, 2.05) is 30.3 Å². The molecule has 2 bridgehead atoms. The zero-order valence-corrected chi connectivity index (χ0v) is 18.2. The van der Waals surface area contributed by atoms with E-state index in [0.717, 1.165) is 52.5 Å². The van der Waals surface area contributed by atoms with Crippen LogP contribution >= 0.6 is 0 Å². The molecule has 2 saturated heterocycles. The number of piperidine rings is 1. The van der Waals surface area contributed by atoms with Gasteiger partial charge in [0, 0.05) is 36.3 Å². The lowest BCUT2D eigenvalue weighted by atomic mass is 9.95. The molecule has 0 aromatic heterocycles. The van der Waals surface area contributed by atoms with Gasteiger partial charge >= 0.3 is 0 Å². The Bertz CT molecular complexity index is 1180. The molecule has 5 nitrogen and oxygen atoms in total. The Labute approximate surface area is 188 Å². The van der Waals surface area contributed by atoms with Crippen LogP contribution in [0.15, 0.2) is 66.7 Å². The first-order chi connectivity index (χ1) is 15.7. The monoisotopic (exact) mass is 425 g/mol. The molecular weight excluding hydrogens is 398 g/mol. The number of nitrogens with zero attached hydrogens (tertiary/aromatic N) is 1. The highest BCUT2D eigenvalue weighted by Crippen LogP contribution is 2.51. The van der Waals surface area contributed by atoms with Crippen molar-refractivity contribution in [1.29, 1.82) is 0 Å². The van der Waals surface area contributed by atoms with Crippen LogP contribution in [0.25, 0.3) is 11.1 Å². The van der Waals surface area contributed by atoms with Crippen LogP contribution in [0.4, 0.5) is 17.1 Å². The molecule has 3 aliphatic rings. The summed E-state index contributed by atoms with van der Waals surface area (Å²) in [6, 6.07) is 24.3. The molecule has 162 valence electrons. The second-order valence-electron chi connectivity index (χ2n) is 9.11. The molecule has 0 unspecified atom stereocenters. The molecule has 0 saturated carbocycles. The third-order valence-electron chi connectivity index (χ3n) is 6.93. The van der Waals surface area contributed by atoms with Crippen LogP contribution < -0.4 is 20.3 Å². The predicted molar refractivity (Wildman–Crippen MR) is 128 cm³/mol. The quantitative estimate of drug-likeness (QED) is 0.554. The van der Waals surface area contributed by atoms with Gasteiger partial charge in [0.15, 0.2) is 11.5 Å². The minimum Gasteiger partial charge on any atom is -0.453 e. The van der Waals surface area contributed by atoms with Crippen molar-refractivity contribution in [2.45, 2.75) is 50.7 Å². The van der Waals surface area contributed by atoms with Gasteiger partial charge in [-0.15, -0.1) is 0 Å². The predicted octanol–water partition coefficient (Wildman–Crippen LogP) is 5.84. The molecule has 0 aliphatic carbocycles. The van der Waals surface area contributed by atoms with E-state index in [2.05, 4.69) is 51.9 Å². The van der Waals surface area contributed by atoms with E-state index in [1.165, 1.54) is 19.8 Å². The lowest BCUT2D eigenvalue weighted by molar-refractivity contribution is -0.114. The fourth-order valence-corrected chi connectivity index (χ4v) is 5.62. The molecule has 3 aromatic carbocycles. The van der Waals surface area contributed by atoms with Crippen LogP contribution in [0.3, 0.4) is 0 Å². The number of anilines is 3. The molecule has 0 spiro atoms. The smallest absolute Gasteiger partial charge is 0.221 e. The molecule has 3 aliphatic heterocycles. The molecular formula is C27H27N3O2. The Balaban J connectivity index is 1.43. The number of para-hydroxylation sites is 3. The molecule has 32 heavy (non-hydrogen) atoms. The van der Waals surface area contributed by atoms with E-state index in [-0.39, 0.29) is 5.91 Å². The lowest BCUT2D eigenvalue weighted by Crippen LogP contribution is -2.47. The van der Waals surface area contributed by atoms with Gasteiger partial charge < -0.3 is 20.3 Å². The van der Waals surface area contributed by atoms with Gasteiger partial charge in [0.25, 0.3) is 0 Å². The Kier molecular flexibility index (Phi) is 4.65. The number of benzene rings is 3. The zero-order valence-electron chi connectivity index (χ0n) is 18.2. The first kappa shape index (κ1) is 19.4. The maximum Gasteiger partial charge on any atom is 0.221 e. The van der Waals surface area contributed by atoms with Crippen molar-refractivity contribution in [3.63, 3.8) is 0 Å². The largest absolute Gasteiger partial charge is 0.453 e. The number of nitrogens with one attached hydrogen (secondary N) is 2. The van der Waals surface area contributed by atoms with Crippen molar-refractivity contribution < 1.29 is 9.53 Å². The standard InChI is InChI=1S/C27H27N3O2/c1-17(31)28-23-7-3-2-6-22(23)18-10-13-25-27(14-18)32-26-9-5-4-8-24(26)30(25)21-15-19-11-12-20(16-21)29-19/h2-10,13-14,19-21,29H,11-12,15-16H2,1H3,(H,28,31)/t19-,20+,21+. The SMILES string of the molecule is CC(=O)Nc1ccccc1-c1ccc2c(c1)Oc1ccccc1N2[C@H]1C[C@H]2CC[C@@H](C1)N2. The molecule has 2 fully saturated rings. The Hall–Kier alpha value is -3.31. The summed E-state index contributed by atoms with van der Waals surface area (Å²) in [5, 5.41) is 6.71. The van der Waals surface area contributed by atoms with Gasteiger partial charge in [0.1, 0.15) is 0 Å². The second-order valence-corrected chi connectivity index (χ2v) is 9.11. The molecule has 6 rings (SSSR count). The van der Waals surface area contributed by atoms with Crippen molar-refractivity contribution in [2.75, 3.05) is 10.2 Å². The molecule has 5 heteroatoms. The maximum atomic E-state index is 11.7. The van der Waals surface area contributed by atoms with E-state index in [1.54, 1.807) is 0 Å². The van der Waals surface area contributed by atoms with Crippen molar-refractivity contribution in [1.82, 2.24) is 5.32 Å². The van der Waals surface area contributed by atoms with Crippen LogP contribution in [0, 0.1) is 0 Å². The average molecular weight is 426 g/mol. The van der Waals surface area contributed by atoms with Gasteiger partial charge in [-0.05, 0) is 61.6 Å². The molecule has 3 aromatic rings. The first-order valence-corrected chi connectivity index (χ1v) is 11.5. The number of fused-ring (bicyclic) bond motifs is 4. The lowest BCUT2D eigenvalue weighted by Gasteiger charge is -2.42. The summed E-state index contributed by atoms with van der Waals surface area (Å²) in [5.41, 5.74) is 5.09. The highest BCUT2D eigenvalue weighted by Gasteiger charge is 2.39. The third kappa shape index (κ3) is 3.33. The summed E-state index contributed by atoms with van der Waals surface area (Å²) >= 11 is 0. The topological polar surface area (TPSA) is 53.6 Å². The van der Waals surface area contributed by atoms with Gasteiger partial charge in [-0.3, -0.25) is 4.79 Å². The number of carbonyl (C=O) groups excluding carboxylic acids is 1. The van der Waals surface area contributed by atoms with Gasteiger partial charge in [-0.25, -0.2) is 0 Å². The van der Waals surface area contributed by atoms with Crippen LogP contribution in [0.1, 0.15) is 32.6 Å². The number of hydrogen-bond donors (Lipinski definition) is 2. The van der Waals surface area contributed by atoms with Crippen molar-refractivity contribution in [3.05, 3.63) is 66.7 Å². The molecule has 3 atom stereocenters. The minimum atomic E-state index is -0.0766. The molecule has 1 amide bonds. The van der Waals surface area contributed by atoms with E-state index in [9.17, 15) is 4.79 Å². The molecule has 2 N–H and O–H groups in total. The summed E-state index contributed by atoms with van der Waals surface area (Å²) in [7, 11) is 0. The fourth-order valence-electron chi connectivity index (χ4n) is 5.62. The molecule has 3 heterocycles. The summed E-state index contributed by atoms with van der Waals surface area (Å²) in [6.45, 7) is 1.54. The Morgan fingerprint density at radius 1 is 0.938 bits per heavy atom. The van der Waals surface area contributed by atoms with Gasteiger partial charge in [0.05, 0.1) is 11.4 Å². The molecule has 0 radical (unpaired) electrons. The van der Waals surface area contributed by atoms with Gasteiger partial charge in [0.2, 0.25) is 5.91 Å². The van der Waals surface area contributed by atoms with Gasteiger partial charge in [-0.1, -0.05) is 36.4 Å². The highest BCUT2D eigenvalue weighted by molar-refractivity contribution is 5.94. The summed E-state index contributed by atoms with van der Waals surface area (Å²) in [6.07, 6.45) is 4.85. The zero-order chi connectivity index (χ0) is 21.7. The van der Waals surface area contributed by atoms with Crippen LogP contribution in [-0.2, 0) is 4.79 Å². The number of hydrogen-bond acceptors (Lipinski definition) is 4. The number of carbonyl (C=O) groups is 1. The Morgan fingerprint density at radius 2 is 1.66 bits per heavy atom. The van der Waals surface area contributed by atoms with Crippen molar-refractivity contribution in [3.8, 4) is 22.6 Å². The van der Waals surface area contributed by atoms with E-state index >= 15 is 0 Å². The summed E-state index contributed by atoms with van der Waals surface area (Å²) in [4.78, 5) is 14.2. The van der Waals surface area contributed by atoms with Crippen molar-refractivity contribution in [2.24, 2.45) is 0 Å². The van der Waals surface area contributed by atoms with E-state index in [4.69, 9.17) is 4.74 Å². The van der Waals surface area contributed by atoms with Crippen LogP contribution in [0.5, 0.6) is 11.5 Å². The van der Waals surface area contributed by atoms with E-state index in [0.29, 0.717) is 18.1 Å². The van der Waals surface area contributed by atoms with Gasteiger partial charge in [-0.2, -0.15) is 0 Å². The second kappa shape index (κ2) is 7.68. The third-order valence-corrected chi connectivity index (χ3v) is 6.93. The van der Waals surface area contributed by atoms with Crippen LogP contribution in [-0.4, -0.2) is 24.0 Å².